The monoisotopic (exact) mass is 287 g/mol. The molecule has 2 rings (SSSR count). The number of benzene rings is 1. The second-order valence-electron chi connectivity index (χ2n) is 4.56. The molecule has 1 fully saturated rings. The van der Waals surface area contributed by atoms with Crippen LogP contribution in [0.1, 0.15) is 23.2 Å². The molecule has 1 aliphatic heterocycles. The Labute approximate surface area is 117 Å². The number of nitrogens with zero attached hydrogens (tertiary/aromatic N) is 1. The van der Waals surface area contributed by atoms with Gasteiger partial charge in [0.05, 0.1) is 10.6 Å². The maximum absolute atomic E-state index is 12.0. The van der Waals surface area contributed by atoms with E-state index >= 15 is 0 Å². The first-order valence-electron chi connectivity index (χ1n) is 5.91. The van der Waals surface area contributed by atoms with Crippen LogP contribution in [0.2, 0.25) is 10.0 Å². The van der Waals surface area contributed by atoms with Crippen molar-refractivity contribution in [1.29, 1.82) is 0 Å². The molecule has 1 aliphatic rings. The van der Waals surface area contributed by atoms with Crippen LogP contribution in [0.5, 0.6) is 0 Å². The smallest absolute Gasteiger partial charge is 0.339 e. The third-order valence-electron chi connectivity index (χ3n) is 3.01. The van der Waals surface area contributed by atoms with Crippen molar-refractivity contribution in [2.24, 2.45) is 0 Å². The Morgan fingerprint density at radius 2 is 2.22 bits per heavy atom. The molecule has 0 aromatic heterocycles. The number of halogens is 2. The molecule has 3 nitrogen and oxygen atoms in total. The summed E-state index contributed by atoms with van der Waals surface area (Å²) in [6.07, 6.45) is 1.90. The summed E-state index contributed by atoms with van der Waals surface area (Å²) in [6.45, 7) is 1.83. The van der Waals surface area contributed by atoms with Gasteiger partial charge in [-0.25, -0.2) is 4.79 Å². The Balaban J connectivity index is 2.03. The van der Waals surface area contributed by atoms with Crippen LogP contribution >= 0.6 is 23.2 Å². The van der Waals surface area contributed by atoms with E-state index in [9.17, 15) is 4.79 Å². The van der Waals surface area contributed by atoms with Crippen LogP contribution in [0.15, 0.2) is 18.2 Å². The zero-order valence-electron chi connectivity index (χ0n) is 10.2. The first-order chi connectivity index (χ1) is 8.56. The molecule has 1 heterocycles. The molecule has 5 heteroatoms. The Kier molecular flexibility index (Phi) is 4.49. The quantitative estimate of drug-likeness (QED) is 0.782. The minimum Gasteiger partial charge on any atom is -0.457 e. The summed E-state index contributed by atoms with van der Waals surface area (Å²) in [7, 11) is 2.02. The van der Waals surface area contributed by atoms with Crippen LogP contribution in [0.4, 0.5) is 0 Å². The second kappa shape index (κ2) is 5.91. The zero-order valence-corrected chi connectivity index (χ0v) is 11.7. The molecule has 1 aromatic rings. The maximum Gasteiger partial charge on any atom is 0.339 e. The van der Waals surface area contributed by atoms with Crippen LogP contribution in [-0.4, -0.2) is 37.1 Å². The molecule has 0 saturated carbocycles. The van der Waals surface area contributed by atoms with E-state index in [-0.39, 0.29) is 12.1 Å². The molecule has 1 aromatic carbocycles. The number of hydrogen-bond donors (Lipinski definition) is 0. The number of esters is 1. The molecule has 98 valence electrons. The first-order valence-corrected chi connectivity index (χ1v) is 6.66. The highest BCUT2D eigenvalue weighted by molar-refractivity contribution is 6.36. The predicted molar refractivity (Wildman–Crippen MR) is 72.4 cm³/mol. The van der Waals surface area contributed by atoms with E-state index in [0.717, 1.165) is 25.9 Å². The van der Waals surface area contributed by atoms with Crippen LogP contribution in [0.3, 0.4) is 0 Å². The van der Waals surface area contributed by atoms with Crippen LogP contribution in [-0.2, 0) is 4.74 Å². The standard InChI is InChI=1S/C13H15Cl2NO2/c1-16-6-2-3-10(8-16)18-13(17)11-5-4-9(14)7-12(11)15/h4-5,7,10H,2-3,6,8H2,1H3/t10-/m0/s1. The fourth-order valence-corrected chi connectivity index (χ4v) is 2.57. The number of carbonyl (C=O) groups is 1. The van der Waals surface area contributed by atoms with Crippen molar-refractivity contribution in [1.82, 2.24) is 4.90 Å². The normalized spacial score (nSPS) is 20.7. The van der Waals surface area contributed by atoms with Gasteiger partial charge in [-0.3, -0.25) is 0 Å². The van der Waals surface area contributed by atoms with Crippen LogP contribution < -0.4 is 0 Å². The molecule has 0 unspecified atom stereocenters. The summed E-state index contributed by atoms with van der Waals surface area (Å²) in [6, 6.07) is 4.78. The van der Waals surface area contributed by atoms with E-state index in [1.54, 1.807) is 18.2 Å². The van der Waals surface area contributed by atoms with Crippen molar-refractivity contribution in [2.45, 2.75) is 18.9 Å². The van der Waals surface area contributed by atoms with Gasteiger partial charge in [0.15, 0.2) is 0 Å². The minimum atomic E-state index is -0.378. The van der Waals surface area contributed by atoms with Gasteiger partial charge in [-0.05, 0) is 44.6 Å². The molecule has 0 aliphatic carbocycles. The van der Waals surface area contributed by atoms with E-state index in [1.807, 2.05) is 7.05 Å². The van der Waals surface area contributed by atoms with Crippen LogP contribution in [0.25, 0.3) is 0 Å². The Bertz CT molecular complexity index is 451. The van der Waals surface area contributed by atoms with Gasteiger partial charge in [0, 0.05) is 11.6 Å². The summed E-state index contributed by atoms with van der Waals surface area (Å²) in [4.78, 5) is 14.1. The Morgan fingerprint density at radius 1 is 1.44 bits per heavy atom. The lowest BCUT2D eigenvalue weighted by Crippen LogP contribution is -2.38. The van der Waals surface area contributed by atoms with Crippen molar-refractivity contribution in [2.75, 3.05) is 20.1 Å². The van der Waals surface area contributed by atoms with Gasteiger partial charge in [-0.2, -0.15) is 0 Å². The third kappa shape index (κ3) is 3.37. The van der Waals surface area contributed by atoms with Crippen molar-refractivity contribution >= 4 is 29.2 Å². The number of likely N-dealkylation sites (tertiary alicyclic amines) is 1. The first kappa shape index (κ1) is 13.7. The minimum absolute atomic E-state index is 0.0528. The Hall–Kier alpha value is -0.770. The number of carbonyl (C=O) groups excluding carboxylic acids is 1. The van der Waals surface area contributed by atoms with E-state index < -0.39 is 0 Å². The van der Waals surface area contributed by atoms with E-state index in [4.69, 9.17) is 27.9 Å². The van der Waals surface area contributed by atoms with Crippen molar-refractivity contribution < 1.29 is 9.53 Å². The SMILES string of the molecule is CN1CCC[C@H](OC(=O)c2ccc(Cl)cc2Cl)C1. The summed E-state index contributed by atoms with van der Waals surface area (Å²) >= 11 is 11.8. The van der Waals surface area contributed by atoms with Crippen molar-refractivity contribution in [3.63, 3.8) is 0 Å². The van der Waals surface area contributed by atoms with Gasteiger partial charge < -0.3 is 9.64 Å². The fraction of sp³-hybridized carbons (Fsp3) is 0.462. The van der Waals surface area contributed by atoms with Gasteiger partial charge in [-0.1, -0.05) is 23.2 Å². The fourth-order valence-electron chi connectivity index (χ4n) is 2.09. The third-order valence-corrected chi connectivity index (χ3v) is 3.55. The number of likely N-dealkylation sites (N-methyl/N-ethyl adjacent to an activating group) is 1. The molecular formula is C13H15Cl2NO2. The summed E-state index contributed by atoms with van der Waals surface area (Å²) < 4.78 is 5.46. The largest absolute Gasteiger partial charge is 0.457 e. The van der Waals surface area contributed by atoms with Gasteiger partial charge in [0.2, 0.25) is 0 Å². The molecule has 1 atom stereocenters. The Morgan fingerprint density at radius 3 is 2.89 bits per heavy atom. The molecule has 0 amide bonds. The molecule has 0 bridgehead atoms. The summed E-state index contributed by atoms with van der Waals surface area (Å²) in [5.41, 5.74) is 0.370. The lowest BCUT2D eigenvalue weighted by atomic mass is 10.1. The highest BCUT2D eigenvalue weighted by Gasteiger charge is 2.22. The molecule has 1 saturated heterocycles. The van der Waals surface area contributed by atoms with E-state index in [0.29, 0.717) is 15.6 Å². The molecule has 0 spiro atoms. The average Bonchev–Trinajstić information content (AvgIpc) is 2.28. The molecule has 0 N–H and O–H groups in total. The highest BCUT2D eigenvalue weighted by atomic mass is 35.5. The predicted octanol–water partition coefficient (Wildman–Crippen LogP) is 3.24. The van der Waals surface area contributed by atoms with E-state index in [2.05, 4.69) is 4.90 Å². The highest BCUT2D eigenvalue weighted by Crippen LogP contribution is 2.23. The lowest BCUT2D eigenvalue weighted by Gasteiger charge is -2.29. The molecule has 18 heavy (non-hydrogen) atoms. The summed E-state index contributed by atoms with van der Waals surface area (Å²) in [5.74, 6) is -0.378. The lowest BCUT2D eigenvalue weighted by molar-refractivity contribution is 0.0109. The number of rotatable bonds is 2. The zero-order chi connectivity index (χ0) is 13.1. The van der Waals surface area contributed by atoms with Crippen molar-refractivity contribution in [3.05, 3.63) is 33.8 Å². The summed E-state index contributed by atoms with van der Waals surface area (Å²) in [5, 5.41) is 0.839. The number of hydrogen-bond acceptors (Lipinski definition) is 3. The average molecular weight is 288 g/mol. The van der Waals surface area contributed by atoms with Crippen LogP contribution in [0, 0.1) is 0 Å². The molecular weight excluding hydrogens is 273 g/mol. The van der Waals surface area contributed by atoms with Gasteiger partial charge in [0.25, 0.3) is 0 Å². The topological polar surface area (TPSA) is 29.5 Å². The number of ether oxygens (including phenoxy) is 1. The van der Waals surface area contributed by atoms with Gasteiger partial charge in [0.1, 0.15) is 6.10 Å². The van der Waals surface area contributed by atoms with Crippen molar-refractivity contribution in [3.8, 4) is 0 Å². The molecule has 0 radical (unpaired) electrons. The second-order valence-corrected chi connectivity index (χ2v) is 5.40. The van der Waals surface area contributed by atoms with Gasteiger partial charge in [-0.15, -0.1) is 0 Å². The number of piperidine rings is 1. The van der Waals surface area contributed by atoms with E-state index in [1.165, 1.54) is 0 Å². The van der Waals surface area contributed by atoms with Gasteiger partial charge >= 0.3 is 5.97 Å². The maximum atomic E-state index is 12.0.